The van der Waals surface area contributed by atoms with Crippen molar-refractivity contribution in [2.24, 2.45) is 7.05 Å². The van der Waals surface area contributed by atoms with Gasteiger partial charge in [0, 0.05) is 31.4 Å². The number of hydrogen-bond donors (Lipinski definition) is 1. The Labute approximate surface area is 110 Å². The van der Waals surface area contributed by atoms with E-state index in [0.29, 0.717) is 17.0 Å². The summed E-state index contributed by atoms with van der Waals surface area (Å²) >= 11 is 6.24. The van der Waals surface area contributed by atoms with Crippen LogP contribution >= 0.6 is 11.6 Å². The molecule has 0 aliphatic rings. The highest BCUT2D eigenvalue weighted by Crippen LogP contribution is 2.25. The number of aryl methyl sites for hydroxylation is 2. The summed E-state index contributed by atoms with van der Waals surface area (Å²) in [6.07, 6.45) is 5.13. The quantitative estimate of drug-likeness (QED) is 0.915. The lowest BCUT2D eigenvalue weighted by Crippen LogP contribution is -2.07. The number of hydrogen-bond acceptors (Lipinski definition) is 4. The predicted molar refractivity (Wildman–Crippen MR) is 68.3 cm³/mol. The molecule has 0 spiro atoms. The summed E-state index contributed by atoms with van der Waals surface area (Å²) in [5.74, 6) is 0. The van der Waals surface area contributed by atoms with E-state index in [4.69, 9.17) is 11.6 Å². The number of aliphatic hydroxyl groups is 1. The van der Waals surface area contributed by atoms with Gasteiger partial charge in [0.15, 0.2) is 0 Å². The molecule has 2 aromatic rings. The van der Waals surface area contributed by atoms with Gasteiger partial charge in [-0.2, -0.15) is 5.10 Å². The Morgan fingerprint density at radius 2 is 2.06 bits per heavy atom. The molecule has 18 heavy (non-hydrogen) atoms. The van der Waals surface area contributed by atoms with Crippen molar-refractivity contribution in [3.63, 3.8) is 0 Å². The molecule has 0 aliphatic carbocycles. The second-order valence-electron chi connectivity index (χ2n) is 4.08. The molecule has 1 unspecified atom stereocenters. The van der Waals surface area contributed by atoms with E-state index in [9.17, 15) is 5.11 Å². The summed E-state index contributed by atoms with van der Waals surface area (Å²) < 4.78 is 1.72. The Kier molecular flexibility index (Phi) is 3.93. The second kappa shape index (κ2) is 5.46. The Balaban J connectivity index is 2.22. The van der Waals surface area contributed by atoms with Crippen LogP contribution in [0.5, 0.6) is 0 Å². The number of aliphatic hydroxyl groups excluding tert-OH is 1. The normalized spacial score (nSPS) is 12.7. The van der Waals surface area contributed by atoms with Gasteiger partial charge in [0.25, 0.3) is 0 Å². The van der Waals surface area contributed by atoms with Gasteiger partial charge in [-0.1, -0.05) is 18.5 Å². The van der Waals surface area contributed by atoms with Crippen molar-refractivity contribution in [3.8, 4) is 0 Å². The van der Waals surface area contributed by atoms with Crippen LogP contribution in [0.25, 0.3) is 0 Å². The molecule has 5 nitrogen and oxygen atoms in total. The Morgan fingerprint density at radius 3 is 2.61 bits per heavy atom. The van der Waals surface area contributed by atoms with E-state index in [1.54, 1.807) is 17.1 Å². The van der Waals surface area contributed by atoms with Crippen LogP contribution < -0.4 is 0 Å². The van der Waals surface area contributed by atoms with Crippen LogP contribution in [0.4, 0.5) is 0 Å². The highest BCUT2D eigenvalue weighted by atomic mass is 35.5. The SMILES string of the molecule is CCc1nn(C)c(CC(O)c2cncnc2)c1Cl. The molecule has 0 saturated carbocycles. The molecular weight excluding hydrogens is 252 g/mol. The van der Waals surface area contributed by atoms with Gasteiger partial charge in [0.05, 0.1) is 22.5 Å². The van der Waals surface area contributed by atoms with E-state index in [1.165, 1.54) is 6.33 Å². The zero-order valence-electron chi connectivity index (χ0n) is 10.3. The van der Waals surface area contributed by atoms with Crippen molar-refractivity contribution in [2.75, 3.05) is 0 Å². The van der Waals surface area contributed by atoms with Crippen LogP contribution in [0.3, 0.4) is 0 Å². The second-order valence-corrected chi connectivity index (χ2v) is 4.45. The first-order valence-corrected chi connectivity index (χ1v) is 6.14. The maximum atomic E-state index is 10.1. The molecule has 1 atom stereocenters. The van der Waals surface area contributed by atoms with Gasteiger partial charge in [-0.25, -0.2) is 9.97 Å². The minimum Gasteiger partial charge on any atom is -0.388 e. The molecule has 0 aliphatic heterocycles. The van der Waals surface area contributed by atoms with Crippen molar-refractivity contribution in [1.29, 1.82) is 0 Å². The fourth-order valence-corrected chi connectivity index (χ4v) is 2.20. The van der Waals surface area contributed by atoms with Gasteiger partial charge in [-0.3, -0.25) is 4.68 Å². The number of rotatable bonds is 4. The Morgan fingerprint density at radius 1 is 1.39 bits per heavy atom. The van der Waals surface area contributed by atoms with Gasteiger partial charge in [-0.05, 0) is 6.42 Å². The number of aromatic nitrogens is 4. The van der Waals surface area contributed by atoms with Crippen LogP contribution in [0.15, 0.2) is 18.7 Å². The molecule has 0 saturated heterocycles. The van der Waals surface area contributed by atoms with Crippen molar-refractivity contribution >= 4 is 11.6 Å². The summed E-state index contributed by atoms with van der Waals surface area (Å²) in [6.45, 7) is 2.00. The van der Waals surface area contributed by atoms with Gasteiger partial charge in [0.1, 0.15) is 6.33 Å². The first-order chi connectivity index (χ1) is 8.63. The van der Waals surface area contributed by atoms with Gasteiger partial charge >= 0.3 is 0 Å². The molecule has 0 radical (unpaired) electrons. The molecule has 6 heteroatoms. The lowest BCUT2D eigenvalue weighted by atomic mass is 10.1. The smallest absolute Gasteiger partial charge is 0.115 e. The standard InChI is InChI=1S/C12H15ClN4O/c1-3-9-12(13)10(17(2)16-9)4-11(18)8-5-14-7-15-6-8/h5-7,11,18H,3-4H2,1-2H3. The zero-order valence-corrected chi connectivity index (χ0v) is 11.1. The van der Waals surface area contributed by atoms with Crippen LogP contribution in [-0.4, -0.2) is 24.9 Å². The van der Waals surface area contributed by atoms with Crippen LogP contribution in [0.1, 0.15) is 30.0 Å². The molecule has 0 bridgehead atoms. The average molecular weight is 267 g/mol. The van der Waals surface area contributed by atoms with E-state index in [2.05, 4.69) is 15.1 Å². The third kappa shape index (κ3) is 2.52. The highest BCUT2D eigenvalue weighted by Gasteiger charge is 2.17. The molecule has 0 aromatic carbocycles. The maximum absolute atomic E-state index is 10.1. The lowest BCUT2D eigenvalue weighted by molar-refractivity contribution is 0.175. The first-order valence-electron chi connectivity index (χ1n) is 5.76. The minimum atomic E-state index is -0.677. The number of halogens is 1. The fraction of sp³-hybridized carbons (Fsp3) is 0.417. The van der Waals surface area contributed by atoms with Gasteiger partial charge in [-0.15, -0.1) is 0 Å². The van der Waals surface area contributed by atoms with E-state index in [0.717, 1.165) is 17.8 Å². The topological polar surface area (TPSA) is 63.8 Å². The van der Waals surface area contributed by atoms with Gasteiger partial charge < -0.3 is 5.11 Å². The summed E-state index contributed by atoms with van der Waals surface area (Å²) in [5, 5.41) is 15.1. The summed E-state index contributed by atoms with van der Waals surface area (Å²) in [5.41, 5.74) is 2.35. The van der Waals surface area contributed by atoms with E-state index in [-0.39, 0.29) is 0 Å². The highest BCUT2D eigenvalue weighted by molar-refractivity contribution is 6.31. The zero-order chi connectivity index (χ0) is 13.1. The first kappa shape index (κ1) is 13.0. The van der Waals surface area contributed by atoms with Crippen LogP contribution in [0, 0.1) is 0 Å². The fourth-order valence-electron chi connectivity index (χ4n) is 1.83. The van der Waals surface area contributed by atoms with Crippen molar-refractivity contribution in [1.82, 2.24) is 19.7 Å². The van der Waals surface area contributed by atoms with Crippen LogP contribution in [0.2, 0.25) is 5.02 Å². The maximum Gasteiger partial charge on any atom is 0.115 e. The molecule has 2 aromatic heterocycles. The van der Waals surface area contributed by atoms with E-state index < -0.39 is 6.10 Å². The molecule has 2 rings (SSSR count). The monoisotopic (exact) mass is 266 g/mol. The summed E-state index contributed by atoms with van der Waals surface area (Å²) in [6, 6.07) is 0. The molecule has 2 heterocycles. The van der Waals surface area contributed by atoms with E-state index >= 15 is 0 Å². The molecular formula is C12H15ClN4O. The van der Waals surface area contributed by atoms with E-state index in [1.807, 2.05) is 14.0 Å². The lowest BCUT2D eigenvalue weighted by Gasteiger charge is -2.10. The molecule has 0 amide bonds. The Hall–Kier alpha value is -1.46. The van der Waals surface area contributed by atoms with Crippen molar-refractivity contribution in [2.45, 2.75) is 25.9 Å². The third-order valence-electron chi connectivity index (χ3n) is 2.85. The summed E-state index contributed by atoms with van der Waals surface area (Å²) in [7, 11) is 1.83. The van der Waals surface area contributed by atoms with Gasteiger partial charge in [0.2, 0.25) is 0 Å². The number of nitrogens with zero attached hydrogens (tertiary/aromatic N) is 4. The Bertz CT molecular complexity index is 526. The molecule has 96 valence electrons. The average Bonchev–Trinajstić information content (AvgIpc) is 2.67. The molecule has 0 fully saturated rings. The summed E-state index contributed by atoms with van der Waals surface area (Å²) in [4.78, 5) is 7.77. The predicted octanol–water partition coefficient (Wildman–Crippen LogP) is 1.70. The minimum absolute atomic E-state index is 0.399. The molecule has 1 N–H and O–H groups in total. The van der Waals surface area contributed by atoms with Crippen molar-refractivity contribution in [3.05, 3.63) is 40.7 Å². The van der Waals surface area contributed by atoms with Crippen LogP contribution in [-0.2, 0) is 19.9 Å². The van der Waals surface area contributed by atoms with Crippen molar-refractivity contribution < 1.29 is 5.11 Å². The largest absolute Gasteiger partial charge is 0.388 e. The third-order valence-corrected chi connectivity index (χ3v) is 3.29.